The molecule has 1 amide bonds. The zero-order valence-corrected chi connectivity index (χ0v) is 14.7. The van der Waals surface area contributed by atoms with E-state index in [4.69, 9.17) is 5.73 Å². The maximum atomic E-state index is 11.5. The lowest BCUT2D eigenvalue weighted by atomic mass is 10.1. The third-order valence-electron chi connectivity index (χ3n) is 3.56. The van der Waals surface area contributed by atoms with Crippen LogP contribution in [0, 0.1) is 0 Å². The third-order valence-corrected chi connectivity index (χ3v) is 5.77. The van der Waals surface area contributed by atoms with Gasteiger partial charge in [-0.3, -0.25) is 4.79 Å². The average Bonchev–Trinajstić information content (AvgIpc) is 2.41. The van der Waals surface area contributed by atoms with Crippen molar-refractivity contribution in [3.8, 4) is 0 Å². The van der Waals surface area contributed by atoms with Crippen LogP contribution in [0.1, 0.15) is 48.5 Å². The molecule has 1 rings (SSSR count). The Morgan fingerprint density at radius 1 is 1.24 bits per heavy atom. The Balaban J connectivity index is 3.12. The number of primary amides is 1. The van der Waals surface area contributed by atoms with Crippen LogP contribution < -0.4 is 5.73 Å². The predicted octanol–water partition coefficient (Wildman–Crippen LogP) is 4.78. The molecule has 0 aromatic heterocycles. The molecule has 0 aliphatic rings. The predicted molar refractivity (Wildman–Crippen MR) is 93.9 cm³/mol. The van der Waals surface area contributed by atoms with Crippen LogP contribution in [0.3, 0.4) is 0 Å². The van der Waals surface area contributed by atoms with Gasteiger partial charge in [-0.15, -0.1) is 5.73 Å². The molecule has 0 bridgehead atoms. The van der Waals surface area contributed by atoms with Crippen molar-refractivity contribution < 1.29 is 4.79 Å². The van der Waals surface area contributed by atoms with E-state index in [-0.39, 0.29) is 5.91 Å². The zero-order valence-electron chi connectivity index (χ0n) is 13.7. The monoisotopic (exact) mass is 301 g/mol. The van der Waals surface area contributed by atoms with Crippen LogP contribution in [-0.4, -0.2) is 14.0 Å². The van der Waals surface area contributed by atoms with Crippen molar-refractivity contribution in [3.05, 3.63) is 46.3 Å². The van der Waals surface area contributed by atoms with Crippen molar-refractivity contribution in [2.75, 3.05) is 0 Å². The Morgan fingerprint density at radius 2 is 1.90 bits per heavy atom. The third kappa shape index (κ3) is 5.74. The maximum absolute atomic E-state index is 11.5. The minimum atomic E-state index is -1.38. The topological polar surface area (TPSA) is 43.1 Å². The van der Waals surface area contributed by atoms with Crippen molar-refractivity contribution in [2.24, 2.45) is 5.73 Å². The summed E-state index contributed by atoms with van der Waals surface area (Å²) in [6.07, 6.45) is 6.74. The fourth-order valence-electron chi connectivity index (χ4n) is 2.23. The van der Waals surface area contributed by atoms with E-state index in [9.17, 15) is 4.79 Å². The van der Waals surface area contributed by atoms with Gasteiger partial charge >= 0.3 is 0 Å². The van der Waals surface area contributed by atoms with Gasteiger partial charge in [0.25, 0.3) is 0 Å². The van der Waals surface area contributed by atoms with Gasteiger partial charge < -0.3 is 5.73 Å². The second-order valence-electron chi connectivity index (χ2n) is 6.43. The van der Waals surface area contributed by atoms with E-state index in [0.29, 0.717) is 5.56 Å². The highest BCUT2D eigenvalue weighted by molar-refractivity contribution is 6.83. The molecule has 0 fully saturated rings. The van der Waals surface area contributed by atoms with Gasteiger partial charge in [0.15, 0.2) is 0 Å². The van der Waals surface area contributed by atoms with Crippen LogP contribution in [-0.2, 0) is 0 Å². The molecular weight excluding hydrogens is 274 g/mol. The van der Waals surface area contributed by atoms with Crippen LogP contribution >= 0.6 is 0 Å². The Morgan fingerprint density at radius 3 is 2.48 bits per heavy atom. The van der Waals surface area contributed by atoms with Crippen LogP contribution in [0.2, 0.25) is 19.6 Å². The summed E-state index contributed by atoms with van der Waals surface area (Å²) in [5.74, 6) is -0.385. The summed E-state index contributed by atoms with van der Waals surface area (Å²) in [5.41, 5.74) is 10.3. The number of nitrogens with two attached hydrogens (primary N) is 1. The summed E-state index contributed by atoms with van der Waals surface area (Å²) in [7, 11) is -1.38. The largest absolute Gasteiger partial charge is 0.366 e. The normalized spacial score (nSPS) is 10.9. The fourth-order valence-corrected chi connectivity index (χ4v) is 3.66. The highest BCUT2D eigenvalue weighted by Crippen LogP contribution is 2.21. The van der Waals surface area contributed by atoms with E-state index in [0.717, 1.165) is 12.0 Å². The molecule has 2 nitrogen and oxygen atoms in total. The smallest absolute Gasteiger partial charge is 0.249 e. The first-order valence-electron chi connectivity index (χ1n) is 7.71. The molecule has 114 valence electrons. The van der Waals surface area contributed by atoms with Gasteiger partial charge in [-0.1, -0.05) is 57.6 Å². The Bertz CT molecular complexity index is 549. The minimum absolute atomic E-state index is 0.385. The number of rotatable bonds is 7. The molecule has 2 N–H and O–H groups in total. The number of hydrogen-bond donors (Lipinski definition) is 1. The second-order valence-corrected chi connectivity index (χ2v) is 11.5. The van der Waals surface area contributed by atoms with Gasteiger partial charge in [0, 0.05) is 5.56 Å². The van der Waals surface area contributed by atoms with E-state index in [1.165, 1.54) is 24.5 Å². The lowest BCUT2D eigenvalue weighted by Gasteiger charge is -2.18. The molecule has 0 saturated heterocycles. The van der Waals surface area contributed by atoms with Gasteiger partial charge in [-0.05, 0) is 35.7 Å². The number of carbonyl (C=O) groups is 1. The molecule has 0 heterocycles. The first-order valence-corrected chi connectivity index (χ1v) is 11.2. The molecule has 1 aromatic carbocycles. The van der Waals surface area contributed by atoms with Gasteiger partial charge in [0.05, 0.1) is 8.07 Å². The van der Waals surface area contributed by atoms with Crippen molar-refractivity contribution in [1.82, 2.24) is 0 Å². The second kappa shape index (κ2) is 8.01. The van der Waals surface area contributed by atoms with Gasteiger partial charge in [0.1, 0.15) is 0 Å². The van der Waals surface area contributed by atoms with Gasteiger partial charge in [-0.25, -0.2) is 0 Å². The lowest BCUT2D eigenvalue weighted by molar-refractivity contribution is 0.1000. The molecular formula is C18H27NOSi. The highest BCUT2D eigenvalue weighted by Gasteiger charge is 2.18. The Labute approximate surface area is 129 Å². The van der Waals surface area contributed by atoms with Crippen molar-refractivity contribution in [3.63, 3.8) is 0 Å². The molecule has 0 spiro atoms. The van der Waals surface area contributed by atoms with E-state index < -0.39 is 8.07 Å². The summed E-state index contributed by atoms with van der Waals surface area (Å²) in [5, 5.41) is 1.43. The summed E-state index contributed by atoms with van der Waals surface area (Å²) in [6.45, 7) is 9.25. The molecule has 1 aromatic rings. The number of allylic oxidation sites excluding steroid dienone is 1. The molecule has 0 saturated carbocycles. The quantitative estimate of drug-likeness (QED) is 0.439. The summed E-state index contributed by atoms with van der Waals surface area (Å²) < 4.78 is 0. The standard InChI is InChI=1S/C18H27NOSi/c1-5-6-7-11-16(21(2,3)4)14-13-15-10-8-9-12-17(15)18(19)20/h8-10,12-13H,5-7,11H2,1-4H3,(H2,19,20). The van der Waals surface area contributed by atoms with Gasteiger partial charge in [-0.2, -0.15) is 0 Å². The number of amides is 1. The van der Waals surface area contributed by atoms with E-state index in [2.05, 4.69) is 32.3 Å². The molecule has 0 radical (unpaired) electrons. The number of hydrogen-bond acceptors (Lipinski definition) is 1. The first kappa shape index (κ1) is 17.5. The number of carbonyl (C=O) groups excluding carboxylic acids is 1. The molecule has 0 aliphatic carbocycles. The Kier molecular flexibility index (Phi) is 6.67. The zero-order chi connectivity index (χ0) is 15.9. The highest BCUT2D eigenvalue weighted by atomic mass is 28.3. The van der Waals surface area contributed by atoms with Crippen LogP contribution in [0.25, 0.3) is 6.08 Å². The molecule has 21 heavy (non-hydrogen) atoms. The summed E-state index contributed by atoms with van der Waals surface area (Å²) >= 11 is 0. The molecule has 0 unspecified atom stereocenters. The van der Waals surface area contributed by atoms with Gasteiger partial charge in [0.2, 0.25) is 5.91 Å². The van der Waals surface area contributed by atoms with Crippen molar-refractivity contribution >= 4 is 20.1 Å². The van der Waals surface area contributed by atoms with Crippen molar-refractivity contribution in [1.29, 1.82) is 0 Å². The van der Waals surface area contributed by atoms with Crippen LogP contribution in [0.5, 0.6) is 0 Å². The summed E-state index contributed by atoms with van der Waals surface area (Å²) in [6, 6.07) is 7.44. The molecule has 0 atom stereocenters. The van der Waals surface area contributed by atoms with E-state index in [1.807, 2.05) is 24.3 Å². The van der Waals surface area contributed by atoms with E-state index >= 15 is 0 Å². The van der Waals surface area contributed by atoms with Crippen LogP contribution in [0.4, 0.5) is 0 Å². The van der Waals surface area contributed by atoms with E-state index in [1.54, 1.807) is 6.07 Å². The first-order chi connectivity index (χ1) is 9.86. The van der Waals surface area contributed by atoms with Crippen molar-refractivity contribution in [2.45, 2.75) is 52.2 Å². The van der Waals surface area contributed by atoms with Crippen LogP contribution in [0.15, 0.2) is 35.2 Å². The number of benzene rings is 1. The maximum Gasteiger partial charge on any atom is 0.249 e. The lowest BCUT2D eigenvalue weighted by Crippen LogP contribution is -2.23. The average molecular weight is 302 g/mol. The fraction of sp³-hybridized carbons (Fsp3) is 0.444. The minimum Gasteiger partial charge on any atom is -0.366 e. The SMILES string of the molecule is CCCCCC(=C=Cc1ccccc1C(N)=O)[Si](C)(C)C. The molecule has 3 heteroatoms. The Hall–Kier alpha value is -1.57. The number of unbranched alkanes of at least 4 members (excludes halogenated alkanes) is 2. The molecule has 0 aliphatic heterocycles. The summed E-state index contributed by atoms with van der Waals surface area (Å²) in [4.78, 5) is 11.5.